The van der Waals surface area contributed by atoms with Gasteiger partial charge in [0.15, 0.2) is 0 Å². The molecule has 0 aliphatic heterocycles. The third kappa shape index (κ3) is 11.3. The Morgan fingerprint density at radius 3 is 1.51 bits per heavy atom. The molecule has 0 aliphatic carbocycles. The van der Waals surface area contributed by atoms with E-state index < -0.39 is 64.9 Å². The number of aromatic nitrogens is 6. The third-order valence-electron chi connectivity index (χ3n) is 10.4. The normalized spacial score (nSPS) is 11.8. The van der Waals surface area contributed by atoms with Crippen molar-refractivity contribution in [2.75, 3.05) is 9.44 Å². The van der Waals surface area contributed by atoms with Crippen LogP contribution in [-0.2, 0) is 32.4 Å². The number of nitrogens with one attached hydrogen (secondary N) is 4. The monoisotopic (exact) mass is 1070 g/mol. The van der Waals surface area contributed by atoms with Gasteiger partial charge in [-0.1, -0.05) is 54.9 Å². The molecule has 0 amide bonds. The molecule has 8 aromatic rings. The first-order valence-electron chi connectivity index (χ1n) is 19.6. The summed E-state index contributed by atoms with van der Waals surface area (Å²) < 4.78 is 137. The molecule has 5 N–H and O–H groups in total. The highest BCUT2D eigenvalue weighted by atomic mass is 35.5. The number of fused-ring (bicyclic) bond motifs is 2. The van der Waals surface area contributed by atoms with Crippen LogP contribution in [0.2, 0.25) is 10.0 Å². The van der Waals surface area contributed by atoms with E-state index >= 15 is 0 Å². The van der Waals surface area contributed by atoms with Gasteiger partial charge in [-0.2, -0.15) is 26.3 Å². The number of ketones is 2. The van der Waals surface area contributed by atoms with Crippen LogP contribution in [0.5, 0.6) is 0 Å². The van der Waals surface area contributed by atoms with Crippen LogP contribution in [0.1, 0.15) is 80.3 Å². The predicted molar refractivity (Wildman–Crippen MR) is 254 cm³/mol. The van der Waals surface area contributed by atoms with E-state index in [1.165, 1.54) is 44.7 Å². The summed E-state index contributed by atoms with van der Waals surface area (Å²) in [5.74, 6) is -1.30. The zero-order chi connectivity index (χ0) is 50.5. The smallest absolute Gasteiger partial charge is 0.350 e. The van der Waals surface area contributed by atoms with E-state index in [-0.39, 0.29) is 75.6 Å². The van der Waals surface area contributed by atoms with Crippen LogP contribution in [0.3, 0.4) is 0 Å². The maximum absolute atomic E-state index is 13.5. The molecule has 8 rings (SSSR count). The van der Waals surface area contributed by atoms with Crippen molar-refractivity contribution in [1.82, 2.24) is 24.9 Å². The lowest BCUT2D eigenvalue weighted by atomic mass is 10.00. The van der Waals surface area contributed by atoms with Gasteiger partial charge in [0.1, 0.15) is 23.2 Å². The minimum absolute atomic E-state index is 0. The molecule has 15 nitrogen and oxygen atoms in total. The Morgan fingerprint density at radius 2 is 1.04 bits per heavy atom. The Morgan fingerprint density at radius 1 is 0.606 bits per heavy atom. The lowest BCUT2D eigenvalue weighted by Crippen LogP contribution is -2.32. The fourth-order valence-electron chi connectivity index (χ4n) is 7.17. The summed E-state index contributed by atoms with van der Waals surface area (Å²) in [5.41, 5.74) is -1.72. The minimum Gasteiger partial charge on any atom is -0.350 e. The maximum atomic E-state index is 13.5. The van der Waals surface area contributed by atoms with Gasteiger partial charge in [-0.25, -0.2) is 36.8 Å². The number of H-pyrrole nitrogens is 2. The molecule has 2 aromatic carbocycles. The van der Waals surface area contributed by atoms with Gasteiger partial charge in [-0.05, 0) is 92.9 Å². The van der Waals surface area contributed by atoms with Crippen LogP contribution >= 0.6 is 23.2 Å². The van der Waals surface area contributed by atoms with Gasteiger partial charge in [0.05, 0.1) is 53.9 Å². The topological polar surface area (TPSA) is 221 Å². The molecular weight excluding hydrogens is 1030 g/mol. The van der Waals surface area contributed by atoms with Crippen molar-refractivity contribution in [3.8, 4) is 0 Å². The number of carbonyl (C=O) groups is 2. The summed E-state index contributed by atoms with van der Waals surface area (Å²) in [5, 5.41) is 10.9. The van der Waals surface area contributed by atoms with E-state index in [2.05, 4.69) is 34.4 Å². The van der Waals surface area contributed by atoms with Crippen molar-refractivity contribution in [2.24, 2.45) is 0 Å². The highest BCUT2D eigenvalue weighted by Crippen LogP contribution is 2.36. The number of nitrogens with zero attached hydrogens (tertiary/aromatic N) is 4. The third-order valence-corrected chi connectivity index (χ3v) is 13.6. The Labute approximate surface area is 412 Å². The number of hydrogen-bond acceptors (Lipinski definition) is 10. The second kappa shape index (κ2) is 20.3. The van der Waals surface area contributed by atoms with Crippen LogP contribution in [0.4, 0.5) is 37.7 Å². The first kappa shape index (κ1) is 54.9. The second-order valence-electron chi connectivity index (χ2n) is 15.2. The highest BCUT2D eigenvalue weighted by molar-refractivity contribution is 7.93. The molecule has 0 bridgehead atoms. The number of alkyl halides is 6. The number of pyridine rings is 4. The number of anilines is 2. The number of rotatable bonds is 10. The minimum atomic E-state index is -4.76. The van der Waals surface area contributed by atoms with Gasteiger partial charge in [-0.3, -0.25) is 19.0 Å². The van der Waals surface area contributed by atoms with Crippen LogP contribution in [0.25, 0.3) is 22.1 Å². The van der Waals surface area contributed by atoms with Crippen molar-refractivity contribution in [1.29, 1.82) is 0 Å². The van der Waals surface area contributed by atoms with Gasteiger partial charge in [0, 0.05) is 46.9 Å². The quantitative estimate of drug-likeness (QED) is 0.0377. The molecule has 0 unspecified atom stereocenters. The van der Waals surface area contributed by atoms with Crippen LogP contribution in [0.15, 0.2) is 108 Å². The number of carbonyl (C=O) groups excluding carboxylic acids is 2. The average molecular weight is 1070 g/mol. The van der Waals surface area contributed by atoms with Gasteiger partial charge in [0.2, 0.25) is 11.6 Å². The predicted octanol–water partition coefficient (Wildman–Crippen LogP) is 11.0. The number of aryl methyl sites for hydroxylation is 4. The van der Waals surface area contributed by atoms with Gasteiger partial charge in [0.25, 0.3) is 20.0 Å². The van der Waals surface area contributed by atoms with Crippen molar-refractivity contribution >= 4 is 88.3 Å². The number of hydrogen-bond donors (Lipinski definition) is 5. The molecule has 0 radical (unpaired) electrons. The first-order chi connectivity index (χ1) is 32.2. The van der Waals surface area contributed by atoms with Gasteiger partial charge >= 0.3 is 18.0 Å². The van der Waals surface area contributed by atoms with Gasteiger partial charge in [-0.15, -0.1) is 0 Å². The summed E-state index contributed by atoms with van der Waals surface area (Å²) in [6.45, 7) is 5.67. The number of sulfonamides is 2. The summed E-state index contributed by atoms with van der Waals surface area (Å²) in [6.07, 6.45) is -1.32. The van der Waals surface area contributed by atoms with E-state index in [1.807, 2.05) is 0 Å². The standard InChI is InChI=1S/C22H16ClF3N4O4S.C22H16ClF3N4O3S.2CH4/c1-11-3-4-14(8-16(11)22(24,25)26)35(33,34)29-17-7-13(23)9-28-19(17)20(31)18-12(2)10-30(32)21-15(18)5-6-27-21;1-11-3-4-14(8-16(11)22(24,25)26)34(32,33)30-17-7-13(23)10-28-19(17)20(31)18-12(2)9-29-21-15(18)5-6-27-21;;/h3-10,32H,1-2H3,(H,29,31);3-10,30H,1-2H3,(H,27,29);2*1H4/p+1. The molecule has 25 heteroatoms. The molecule has 374 valence electrons. The summed E-state index contributed by atoms with van der Waals surface area (Å²) in [7, 11) is -9.10. The molecule has 6 aromatic heterocycles. The Kier molecular flexibility index (Phi) is 15.7. The highest BCUT2D eigenvalue weighted by Gasteiger charge is 2.36. The van der Waals surface area contributed by atoms with E-state index in [9.17, 15) is 58.0 Å². The summed E-state index contributed by atoms with van der Waals surface area (Å²) >= 11 is 12.0. The van der Waals surface area contributed by atoms with Crippen LogP contribution < -0.4 is 14.2 Å². The maximum Gasteiger partial charge on any atom is 0.416 e. The summed E-state index contributed by atoms with van der Waals surface area (Å²) in [6, 6.07) is 10.7. The number of benzene rings is 2. The molecule has 71 heavy (non-hydrogen) atoms. The molecule has 0 spiro atoms. The Bertz CT molecular complexity index is 3620. The van der Waals surface area contributed by atoms with Crippen molar-refractivity contribution in [3.63, 3.8) is 0 Å². The van der Waals surface area contributed by atoms with Crippen molar-refractivity contribution in [2.45, 2.75) is 64.7 Å². The fourth-order valence-corrected chi connectivity index (χ4v) is 9.66. The van der Waals surface area contributed by atoms with Crippen molar-refractivity contribution in [3.05, 3.63) is 164 Å². The van der Waals surface area contributed by atoms with E-state index in [1.54, 1.807) is 32.2 Å². The first-order valence-corrected chi connectivity index (χ1v) is 23.4. The Hall–Kier alpha value is -7.08. The molecule has 0 atom stereocenters. The van der Waals surface area contributed by atoms with E-state index in [0.29, 0.717) is 39.7 Å². The van der Waals surface area contributed by atoms with E-state index in [4.69, 9.17) is 23.2 Å². The Balaban J connectivity index is 0.000000257. The fraction of sp³-hybridized carbons (Fsp3) is 0.174. The molecule has 6 heterocycles. The zero-order valence-corrected chi connectivity index (χ0v) is 38.9. The van der Waals surface area contributed by atoms with Crippen LogP contribution in [0, 0.1) is 27.7 Å². The molecule has 0 saturated heterocycles. The lowest BCUT2D eigenvalue weighted by molar-refractivity contribution is -0.886. The average Bonchev–Trinajstić information content (AvgIpc) is 3.94. The molecular formula is C46H41Cl2F6N8O7S2+. The number of aromatic amines is 2. The summed E-state index contributed by atoms with van der Waals surface area (Å²) in [4.78, 5) is 43.5. The second-order valence-corrected chi connectivity index (χ2v) is 19.5. The van der Waals surface area contributed by atoms with Crippen LogP contribution in [-0.4, -0.2) is 58.5 Å². The van der Waals surface area contributed by atoms with Gasteiger partial charge < -0.3 is 10.2 Å². The largest absolute Gasteiger partial charge is 0.416 e. The zero-order valence-electron chi connectivity index (χ0n) is 35.8. The van der Waals surface area contributed by atoms with Crippen molar-refractivity contribution < 1.29 is 62.7 Å². The molecule has 0 saturated carbocycles. The molecule has 0 fully saturated rings. The number of halogens is 8. The SMILES string of the molecule is C.C.Cc1ccc(S(=O)(=O)Nc2cc(Cl)cnc2C(=O)c2c(C)c[n+](O)c3[nH]ccc23)cc1C(F)(F)F.Cc1ccc(S(=O)(=O)Nc2cc(Cl)cnc2C(=O)c2c(C)cnc3[nH]ccc23)cc1C(F)(F)F. The molecule has 0 aliphatic rings. The lowest BCUT2D eigenvalue weighted by Gasteiger charge is -2.15. The van der Waals surface area contributed by atoms with E-state index in [0.717, 1.165) is 41.3 Å².